The van der Waals surface area contributed by atoms with Gasteiger partial charge in [-0.15, -0.1) is 23.7 Å². The predicted octanol–water partition coefficient (Wildman–Crippen LogP) is 2.82. The van der Waals surface area contributed by atoms with Gasteiger partial charge in [0.05, 0.1) is 6.54 Å². The highest BCUT2D eigenvalue weighted by molar-refractivity contribution is 7.09. The zero-order valence-electron chi connectivity index (χ0n) is 8.73. The van der Waals surface area contributed by atoms with Gasteiger partial charge in [0.15, 0.2) is 0 Å². The first-order valence-electron chi connectivity index (χ1n) is 4.52. The molecule has 0 bridgehead atoms. The summed E-state index contributed by atoms with van der Waals surface area (Å²) in [5.41, 5.74) is 1.17. The van der Waals surface area contributed by atoms with Crippen molar-refractivity contribution in [3.8, 4) is 0 Å². The molecular weight excluding hydrogens is 230 g/mol. The molecule has 0 aliphatic carbocycles. The van der Waals surface area contributed by atoms with Gasteiger partial charge in [-0.05, 0) is 18.4 Å². The lowest BCUT2D eigenvalue weighted by atomic mass is 10.4. The average Bonchev–Trinajstić information content (AvgIpc) is 2.74. The SMILES string of the molecule is Cc1cc(NCc2cccs2)nn1C.Cl. The van der Waals surface area contributed by atoms with E-state index in [1.165, 1.54) is 10.6 Å². The Morgan fingerprint density at radius 3 is 2.87 bits per heavy atom. The minimum absolute atomic E-state index is 0. The third-order valence-electron chi connectivity index (χ3n) is 2.14. The van der Waals surface area contributed by atoms with E-state index in [0.29, 0.717) is 0 Å². The standard InChI is InChI=1S/C10H13N3S.ClH/c1-8-6-10(12-13(8)2)11-7-9-4-3-5-14-9;/h3-6H,7H2,1-2H3,(H,11,12);1H. The molecule has 82 valence electrons. The molecule has 0 saturated carbocycles. The molecule has 2 heterocycles. The quantitative estimate of drug-likeness (QED) is 0.899. The van der Waals surface area contributed by atoms with Crippen molar-refractivity contribution in [3.63, 3.8) is 0 Å². The van der Waals surface area contributed by atoms with Crippen LogP contribution in [0.4, 0.5) is 5.82 Å². The first-order valence-corrected chi connectivity index (χ1v) is 5.40. The third-order valence-corrected chi connectivity index (χ3v) is 3.01. The second-order valence-electron chi connectivity index (χ2n) is 3.23. The smallest absolute Gasteiger partial charge is 0.148 e. The first kappa shape index (κ1) is 12.1. The van der Waals surface area contributed by atoms with E-state index in [9.17, 15) is 0 Å². The summed E-state index contributed by atoms with van der Waals surface area (Å²) in [4.78, 5) is 1.33. The van der Waals surface area contributed by atoms with E-state index in [2.05, 4.69) is 27.9 Å². The molecule has 2 aromatic heterocycles. The molecule has 0 radical (unpaired) electrons. The van der Waals surface area contributed by atoms with E-state index in [1.807, 2.05) is 24.7 Å². The van der Waals surface area contributed by atoms with Crippen molar-refractivity contribution >= 4 is 29.6 Å². The molecule has 0 aliphatic heterocycles. The van der Waals surface area contributed by atoms with Crippen LogP contribution >= 0.6 is 23.7 Å². The largest absolute Gasteiger partial charge is 0.364 e. The van der Waals surface area contributed by atoms with Crippen LogP contribution in [-0.4, -0.2) is 9.78 Å². The van der Waals surface area contributed by atoms with E-state index in [1.54, 1.807) is 11.3 Å². The Kier molecular flexibility index (Phi) is 4.17. The van der Waals surface area contributed by atoms with Gasteiger partial charge in [-0.25, -0.2) is 0 Å². The van der Waals surface area contributed by atoms with Gasteiger partial charge in [0.2, 0.25) is 0 Å². The first-order chi connectivity index (χ1) is 6.75. The molecular formula is C10H14ClN3S. The van der Waals surface area contributed by atoms with Crippen LogP contribution in [0.1, 0.15) is 10.6 Å². The fourth-order valence-electron chi connectivity index (χ4n) is 1.24. The zero-order valence-corrected chi connectivity index (χ0v) is 10.4. The number of hydrogen-bond acceptors (Lipinski definition) is 3. The summed E-state index contributed by atoms with van der Waals surface area (Å²) in [6, 6.07) is 6.23. The summed E-state index contributed by atoms with van der Waals surface area (Å²) >= 11 is 1.76. The van der Waals surface area contributed by atoms with Gasteiger partial charge in [-0.3, -0.25) is 4.68 Å². The molecule has 2 rings (SSSR count). The summed E-state index contributed by atoms with van der Waals surface area (Å²) in [5, 5.41) is 9.69. The maximum atomic E-state index is 4.32. The fraction of sp³-hybridized carbons (Fsp3) is 0.300. The topological polar surface area (TPSA) is 29.9 Å². The number of nitrogens with zero attached hydrogens (tertiary/aromatic N) is 2. The molecule has 0 saturated heterocycles. The van der Waals surface area contributed by atoms with Crippen molar-refractivity contribution < 1.29 is 0 Å². The lowest BCUT2D eigenvalue weighted by molar-refractivity contribution is 0.741. The maximum absolute atomic E-state index is 4.32. The fourth-order valence-corrected chi connectivity index (χ4v) is 1.88. The number of thiophene rings is 1. The molecule has 0 aliphatic rings. The van der Waals surface area contributed by atoms with Crippen molar-refractivity contribution in [1.29, 1.82) is 0 Å². The molecule has 0 fully saturated rings. The maximum Gasteiger partial charge on any atom is 0.148 e. The van der Waals surface area contributed by atoms with Crippen molar-refractivity contribution in [1.82, 2.24) is 9.78 Å². The van der Waals surface area contributed by atoms with Crippen molar-refractivity contribution in [2.45, 2.75) is 13.5 Å². The van der Waals surface area contributed by atoms with Gasteiger partial charge in [0.25, 0.3) is 0 Å². The van der Waals surface area contributed by atoms with Gasteiger partial charge in [0, 0.05) is 23.7 Å². The monoisotopic (exact) mass is 243 g/mol. The molecule has 3 nitrogen and oxygen atoms in total. The lowest BCUT2D eigenvalue weighted by Crippen LogP contribution is -1.99. The van der Waals surface area contributed by atoms with E-state index < -0.39 is 0 Å². The molecule has 0 unspecified atom stereocenters. The summed E-state index contributed by atoms with van der Waals surface area (Å²) in [5.74, 6) is 0.943. The van der Waals surface area contributed by atoms with Crippen LogP contribution in [0.2, 0.25) is 0 Å². The van der Waals surface area contributed by atoms with Crippen LogP contribution in [0.25, 0.3) is 0 Å². The molecule has 2 aromatic rings. The van der Waals surface area contributed by atoms with Crippen LogP contribution in [-0.2, 0) is 13.6 Å². The van der Waals surface area contributed by atoms with Gasteiger partial charge < -0.3 is 5.32 Å². The number of anilines is 1. The highest BCUT2D eigenvalue weighted by Gasteiger charge is 2.00. The second-order valence-corrected chi connectivity index (χ2v) is 4.26. The minimum atomic E-state index is 0. The van der Waals surface area contributed by atoms with Crippen LogP contribution < -0.4 is 5.32 Å². The Morgan fingerprint density at radius 2 is 2.33 bits per heavy atom. The van der Waals surface area contributed by atoms with Gasteiger partial charge in [-0.1, -0.05) is 6.07 Å². The van der Waals surface area contributed by atoms with Gasteiger partial charge >= 0.3 is 0 Å². The summed E-state index contributed by atoms with van der Waals surface area (Å²) < 4.78 is 1.87. The Hall–Kier alpha value is -1.00. The Morgan fingerprint density at radius 1 is 1.53 bits per heavy atom. The predicted molar refractivity (Wildman–Crippen MR) is 66.8 cm³/mol. The van der Waals surface area contributed by atoms with Crippen LogP contribution in [0.3, 0.4) is 0 Å². The number of nitrogens with one attached hydrogen (secondary N) is 1. The second kappa shape index (κ2) is 5.19. The van der Waals surface area contributed by atoms with Crippen molar-refractivity contribution in [2.75, 3.05) is 5.32 Å². The summed E-state index contributed by atoms with van der Waals surface area (Å²) in [6.45, 7) is 2.90. The molecule has 0 atom stereocenters. The normalized spacial score (nSPS) is 9.73. The molecule has 0 spiro atoms. The van der Waals surface area contributed by atoms with Crippen LogP contribution in [0.5, 0.6) is 0 Å². The number of hydrogen-bond donors (Lipinski definition) is 1. The van der Waals surface area contributed by atoms with E-state index >= 15 is 0 Å². The number of halogens is 1. The summed E-state index contributed by atoms with van der Waals surface area (Å²) in [6.07, 6.45) is 0. The van der Waals surface area contributed by atoms with E-state index in [0.717, 1.165) is 12.4 Å². The molecule has 0 amide bonds. The van der Waals surface area contributed by atoms with Crippen molar-refractivity contribution in [2.24, 2.45) is 7.05 Å². The molecule has 15 heavy (non-hydrogen) atoms. The Bertz CT molecular complexity index is 389. The van der Waals surface area contributed by atoms with E-state index in [-0.39, 0.29) is 12.4 Å². The lowest BCUT2D eigenvalue weighted by Gasteiger charge is -1.98. The van der Waals surface area contributed by atoms with Crippen LogP contribution in [0, 0.1) is 6.92 Å². The molecule has 0 aromatic carbocycles. The highest BCUT2D eigenvalue weighted by Crippen LogP contribution is 2.12. The number of rotatable bonds is 3. The average molecular weight is 244 g/mol. The van der Waals surface area contributed by atoms with Gasteiger partial charge in [-0.2, -0.15) is 5.10 Å². The highest BCUT2D eigenvalue weighted by atomic mass is 35.5. The minimum Gasteiger partial charge on any atom is -0.364 e. The Balaban J connectivity index is 0.00000112. The van der Waals surface area contributed by atoms with Crippen LogP contribution in [0.15, 0.2) is 23.6 Å². The summed E-state index contributed by atoms with van der Waals surface area (Å²) in [7, 11) is 1.95. The Labute approximate surface area is 99.5 Å². The van der Waals surface area contributed by atoms with Crippen molar-refractivity contribution in [3.05, 3.63) is 34.2 Å². The van der Waals surface area contributed by atoms with Gasteiger partial charge in [0.1, 0.15) is 5.82 Å². The zero-order chi connectivity index (χ0) is 9.97. The number of aryl methyl sites for hydroxylation is 2. The molecule has 1 N–H and O–H groups in total. The number of aromatic nitrogens is 2. The third kappa shape index (κ3) is 2.97. The van der Waals surface area contributed by atoms with E-state index in [4.69, 9.17) is 0 Å². The molecule has 5 heteroatoms.